The van der Waals surface area contributed by atoms with Gasteiger partial charge in [0.2, 0.25) is 0 Å². The van der Waals surface area contributed by atoms with Gasteiger partial charge in [0, 0.05) is 43.4 Å². The molecule has 1 fully saturated rings. The van der Waals surface area contributed by atoms with Crippen molar-refractivity contribution in [3.05, 3.63) is 70.3 Å². The number of hydrogen-bond donors (Lipinski definition) is 0. The fourth-order valence-electron chi connectivity index (χ4n) is 10.5. The highest BCUT2D eigenvalue weighted by atomic mass is 28.4. The summed E-state index contributed by atoms with van der Waals surface area (Å²) in [7, 11) is -6.23. The third-order valence-corrected chi connectivity index (χ3v) is 30.5. The number of nitrogens with zero attached hydrogens (tertiary/aromatic N) is 1. The lowest BCUT2D eigenvalue weighted by Gasteiger charge is -2.39. The minimum absolute atomic E-state index is 0.0279. The summed E-state index contributed by atoms with van der Waals surface area (Å²) in [5.41, 5.74) is -1.53. The Balaban J connectivity index is 2.08. The van der Waals surface area contributed by atoms with Crippen molar-refractivity contribution in [1.82, 2.24) is 0 Å². The summed E-state index contributed by atoms with van der Waals surface area (Å²) in [5.74, 6) is -2.00. The van der Waals surface area contributed by atoms with Crippen molar-refractivity contribution < 1.29 is 56.6 Å². The number of nitro benzene ring substituents is 1. The van der Waals surface area contributed by atoms with E-state index in [4.69, 9.17) is 37.3 Å². The van der Waals surface area contributed by atoms with Crippen LogP contribution in [0, 0.1) is 27.4 Å². The van der Waals surface area contributed by atoms with Gasteiger partial charge in [-0.15, -0.1) is 0 Å². The van der Waals surface area contributed by atoms with E-state index in [9.17, 15) is 24.5 Å². The molecule has 17 heteroatoms. The first-order valence-electron chi connectivity index (χ1n) is 27.2. The highest BCUT2D eigenvalue weighted by molar-refractivity contribution is 6.74. The first-order valence-corrected chi connectivity index (χ1v) is 34.8. The second-order valence-electron chi connectivity index (χ2n) is 21.0. The molecule has 0 amide bonds. The van der Waals surface area contributed by atoms with E-state index in [1.54, 1.807) is 19.1 Å². The zero-order valence-corrected chi connectivity index (χ0v) is 50.0. The number of nitro groups is 1. The van der Waals surface area contributed by atoms with Gasteiger partial charge in [-0.25, -0.2) is 9.68 Å². The first kappa shape index (κ1) is 62.8. The SMILES string of the molecule is CCC(O[Si](CC)(CC)CC)C(C)C1OC1CC(C)(/C=C/C=C(\C)C1OC(=O)CC(O[Si](CC)(CC)CC)CCC(C)(C(=O)OOc2ccc([N+](=O)[O-])cc2)C(OC(C)=O)/C=C/C1C)O[Si](CC)(CC)CC. The lowest BCUT2D eigenvalue weighted by atomic mass is 9.78. The van der Waals surface area contributed by atoms with E-state index in [1.807, 2.05) is 26.0 Å². The number of hydrogen-bond acceptors (Lipinski definition) is 13. The summed E-state index contributed by atoms with van der Waals surface area (Å²) < 4.78 is 40.2. The van der Waals surface area contributed by atoms with E-state index in [0.29, 0.717) is 6.42 Å². The maximum Gasteiger partial charge on any atom is 0.365 e. The molecule has 3 rings (SSSR count). The number of rotatable bonds is 28. The van der Waals surface area contributed by atoms with E-state index in [-0.39, 0.29) is 54.9 Å². The van der Waals surface area contributed by atoms with Gasteiger partial charge in [0.1, 0.15) is 17.6 Å². The van der Waals surface area contributed by atoms with Gasteiger partial charge >= 0.3 is 17.9 Å². The number of non-ortho nitro benzene ring substituents is 1. The maximum atomic E-state index is 14.3. The van der Waals surface area contributed by atoms with Crippen molar-refractivity contribution in [1.29, 1.82) is 0 Å². The number of esters is 2. The molecule has 1 aromatic carbocycles. The number of allylic oxidation sites excluding steroid dienone is 2. The Kier molecular flexibility index (Phi) is 24.8. The zero-order valence-electron chi connectivity index (χ0n) is 47.0. The third-order valence-electron chi connectivity index (χ3n) is 16.4. The monoisotopic (exact) mass is 1060 g/mol. The van der Waals surface area contributed by atoms with Crippen LogP contribution in [-0.4, -0.2) is 90.0 Å². The van der Waals surface area contributed by atoms with Crippen molar-refractivity contribution in [2.24, 2.45) is 17.3 Å². The molecule has 0 aliphatic carbocycles. The molecule has 1 aromatic rings. The van der Waals surface area contributed by atoms with Crippen molar-refractivity contribution in [2.75, 3.05) is 0 Å². The molecular formula is C55H93NO13Si3. The molecule has 14 nitrogen and oxygen atoms in total. The second-order valence-corrected chi connectivity index (χ2v) is 35.1. The summed E-state index contributed by atoms with van der Waals surface area (Å²) in [6.07, 6.45) is 9.32. The predicted octanol–water partition coefficient (Wildman–Crippen LogP) is 13.9. The molecule has 2 heterocycles. The average molecular weight is 1060 g/mol. The highest BCUT2D eigenvalue weighted by Crippen LogP contribution is 2.43. The van der Waals surface area contributed by atoms with Crippen LogP contribution >= 0.6 is 0 Å². The first-order chi connectivity index (χ1) is 34.0. The number of carbonyl (C=O) groups excluding carboxylic acids is 3. The summed E-state index contributed by atoms with van der Waals surface area (Å²) in [4.78, 5) is 62.9. The van der Waals surface area contributed by atoms with Gasteiger partial charge < -0.3 is 27.5 Å². The van der Waals surface area contributed by atoms with Crippen LogP contribution in [0.5, 0.6) is 5.75 Å². The molecular weight excluding hydrogens is 967 g/mol. The number of ether oxygens (including phenoxy) is 3. The lowest BCUT2D eigenvalue weighted by Crippen LogP contribution is -2.46. The Labute approximate surface area is 436 Å². The van der Waals surface area contributed by atoms with Gasteiger partial charge in [-0.2, -0.15) is 0 Å². The molecule has 0 spiro atoms. The van der Waals surface area contributed by atoms with Gasteiger partial charge in [-0.05, 0) is 118 Å². The van der Waals surface area contributed by atoms with Gasteiger partial charge in [0.15, 0.2) is 30.7 Å². The Morgan fingerprint density at radius 2 is 1.46 bits per heavy atom. The van der Waals surface area contributed by atoms with Gasteiger partial charge in [-0.3, -0.25) is 24.6 Å². The smallest absolute Gasteiger partial charge is 0.365 e. The largest absolute Gasteiger partial charge is 0.457 e. The molecule has 0 radical (unpaired) electrons. The molecule has 10 unspecified atom stereocenters. The number of epoxide rings is 1. The zero-order chi connectivity index (χ0) is 54.1. The number of carbonyl (C=O) groups is 3. The number of cyclic esters (lactones) is 1. The Bertz CT molecular complexity index is 1960. The van der Waals surface area contributed by atoms with Gasteiger partial charge in [0.05, 0.1) is 35.3 Å². The molecule has 2 aliphatic heterocycles. The summed E-state index contributed by atoms with van der Waals surface area (Å²) in [6, 6.07) is 13.9. The lowest BCUT2D eigenvalue weighted by molar-refractivity contribution is -0.384. The molecule has 0 aromatic heterocycles. The summed E-state index contributed by atoms with van der Waals surface area (Å²) >= 11 is 0. The Hall–Kier alpha value is -3.46. The minimum atomic E-state index is -2.31. The molecule has 0 bridgehead atoms. The molecule has 1 saturated heterocycles. The Morgan fingerprint density at radius 3 is 1.97 bits per heavy atom. The topological polar surface area (TPSA) is 171 Å². The Morgan fingerprint density at radius 1 is 0.889 bits per heavy atom. The minimum Gasteiger partial charge on any atom is -0.457 e. The van der Waals surface area contributed by atoms with Crippen LogP contribution < -0.4 is 4.89 Å². The molecule has 0 saturated carbocycles. The van der Waals surface area contributed by atoms with Crippen LogP contribution in [0.25, 0.3) is 0 Å². The van der Waals surface area contributed by atoms with Crippen LogP contribution in [0.4, 0.5) is 5.69 Å². The third kappa shape index (κ3) is 17.0. The van der Waals surface area contributed by atoms with Crippen LogP contribution in [0.1, 0.15) is 143 Å². The molecule has 0 N–H and O–H groups in total. The maximum absolute atomic E-state index is 14.3. The van der Waals surface area contributed by atoms with E-state index in [2.05, 4.69) is 89.2 Å². The van der Waals surface area contributed by atoms with E-state index < -0.39 is 83.0 Å². The van der Waals surface area contributed by atoms with E-state index >= 15 is 0 Å². The fraction of sp³-hybridized carbons (Fsp3) is 0.727. The number of benzene rings is 1. The highest BCUT2D eigenvalue weighted by Gasteiger charge is 2.51. The van der Waals surface area contributed by atoms with Crippen molar-refractivity contribution >= 4 is 48.5 Å². The molecule has 2 aliphatic rings. The van der Waals surface area contributed by atoms with Gasteiger partial charge in [0.25, 0.3) is 5.69 Å². The van der Waals surface area contributed by atoms with Crippen molar-refractivity contribution in [3.63, 3.8) is 0 Å². The van der Waals surface area contributed by atoms with E-state index in [0.717, 1.165) is 66.4 Å². The molecule has 72 heavy (non-hydrogen) atoms. The summed E-state index contributed by atoms with van der Waals surface area (Å²) in [5, 5.41) is 11.2. The summed E-state index contributed by atoms with van der Waals surface area (Å²) in [6.45, 7) is 33.4. The van der Waals surface area contributed by atoms with Crippen molar-refractivity contribution in [3.8, 4) is 5.75 Å². The fourth-order valence-corrected chi connectivity index (χ4v) is 19.5. The van der Waals surface area contributed by atoms with Crippen LogP contribution in [0.3, 0.4) is 0 Å². The molecule has 10 atom stereocenters. The van der Waals surface area contributed by atoms with Crippen LogP contribution in [-0.2, 0) is 46.8 Å². The average Bonchev–Trinajstić information content (AvgIpc) is 4.14. The predicted molar refractivity (Wildman–Crippen MR) is 292 cm³/mol. The standard InChI is InChI=1S/C55H93NO13Si3/c1-17-47(68-71(21-5,22-6)23-7)42(13)52-48(63-52)39-54(15,69-72(24-8,25-9)26-10)36-27-28-40(11)51-41(12)29-34-49(62-43(14)57)55(16,53(59)66-65-45-32-30-44(31-33-45)56(60)61)37-35-46(38-50(58)64-51)67-70(18-2,19-3)20-4/h27-34,36,41-42,46-49,51-52H,17-26,35,37-39H2,1-16H3/b34-29+,36-27+,40-28+. The second kappa shape index (κ2) is 28.4. The van der Waals surface area contributed by atoms with E-state index in [1.165, 1.54) is 31.2 Å². The van der Waals surface area contributed by atoms with Crippen LogP contribution in [0.2, 0.25) is 54.4 Å². The quantitative estimate of drug-likeness (QED) is 0.0114. The normalized spacial score (nSPS) is 25.8. The van der Waals surface area contributed by atoms with Crippen LogP contribution in [0.15, 0.2) is 60.2 Å². The van der Waals surface area contributed by atoms with Gasteiger partial charge in [-0.1, -0.05) is 107 Å². The van der Waals surface area contributed by atoms with Crippen molar-refractivity contribution in [2.45, 2.75) is 240 Å². The molecule has 408 valence electrons.